The highest BCUT2D eigenvalue weighted by Gasteiger charge is 2.35. The van der Waals surface area contributed by atoms with Crippen molar-refractivity contribution in [2.45, 2.75) is 12.8 Å². The number of aliphatic hydroxyl groups excluding tert-OH is 1. The number of benzene rings is 1. The Labute approximate surface area is 89.7 Å². The molecule has 16 heavy (non-hydrogen) atoms. The van der Waals surface area contributed by atoms with Crippen molar-refractivity contribution in [2.24, 2.45) is 0 Å². The van der Waals surface area contributed by atoms with Gasteiger partial charge in [0.1, 0.15) is 17.4 Å². The molecule has 0 aromatic heterocycles. The van der Waals surface area contributed by atoms with Gasteiger partial charge in [-0.25, -0.2) is 0 Å². The highest BCUT2D eigenvalue weighted by molar-refractivity contribution is 5.52. The molecular formula is C10H8F3NO2. The average Bonchev–Trinajstić information content (AvgIpc) is 2.25. The second kappa shape index (κ2) is 4.41. The van der Waals surface area contributed by atoms with Gasteiger partial charge >= 0.3 is 6.18 Å². The maximum Gasteiger partial charge on any atom is 0.417 e. The number of halogens is 3. The highest BCUT2D eigenvalue weighted by atomic mass is 19.4. The third kappa shape index (κ3) is 2.25. The van der Waals surface area contributed by atoms with Crippen molar-refractivity contribution >= 4 is 0 Å². The van der Waals surface area contributed by atoms with E-state index in [-0.39, 0.29) is 11.3 Å². The van der Waals surface area contributed by atoms with Crippen LogP contribution in [0.5, 0.6) is 5.75 Å². The number of hydrogen-bond acceptors (Lipinski definition) is 3. The molecule has 0 fully saturated rings. The zero-order valence-electron chi connectivity index (χ0n) is 8.30. The van der Waals surface area contributed by atoms with E-state index >= 15 is 0 Å². The van der Waals surface area contributed by atoms with Crippen molar-refractivity contribution in [3.63, 3.8) is 0 Å². The molecule has 0 unspecified atom stereocenters. The number of nitriles is 1. The maximum atomic E-state index is 12.6. The fourth-order valence-electron chi connectivity index (χ4n) is 1.26. The van der Waals surface area contributed by atoms with Crippen molar-refractivity contribution in [3.05, 3.63) is 28.8 Å². The molecule has 0 bridgehead atoms. The van der Waals surface area contributed by atoms with E-state index < -0.39 is 23.9 Å². The van der Waals surface area contributed by atoms with Gasteiger partial charge in [-0.05, 0) is 17.7 Å². The van der Waals surface area contributed by atoms with Crippen LogP contribution in [0.25, 0.3) is 0 Å². The number of ether oxygens (including phenoxy) is 1. The molecule has 0 heterocycles. The first kappa shape index (κ1) is 12.3. The summed E-state index contributed by atoms with van der Waals surface area (Å²) in [6.07, 6.45) is -4.65. The molecule has 6 heteroatoms. The Hall–Kier alpha value is -1.74. The predicted molar refractivity (Wildman–Crippen MR) is 48.6 cm³/mol. The Morgan fingerprint density at radius 3 is 2.44 bits per heavy atom. The molecule has 0 radical (unpaired) electrons. The van der Waals surface area contributed by atoms with E-state index in [4.69, 9.17) is 10.4 Å². The van der Waals surface area contributed by atoms with Crippen LogP contribution in [0, 0.1) is 11.3 Å². The lowest BCUT2D eigenvalue weighted by atomic mass is 10.0. The minimum absolute atomic E-state index is 0.0446. The number of rotatable bonds is 2. The fraction of sp³-hybridized carbons (Fsp3) is 0.300. The number of nitrogens with zero attached hydrogens (tertiary/aromatic N) is 1. The van der Waals surface area contributed by atoms with Crippen molar-refractivity contribution in [3.8, 4) is 11.8 Å². The summed E-state index contributed by atoms with van der Waals surface area (Å²) in [5, 5.41) is 17.5. The van der Waals surface area contributed by atoms with E-state index in [1.165, 1.54) is 12.1 Å². The minimum Gasteiger partial charge on any atom is -0.495 e. The molecule has 0 amide bonds. The van der Waals surface area contributed by atoms with Gasteiger partial charge in [0.05, 0.1) is 19.3 Å². The molecule has 1 rings (SSSR count). The van der Waals surface area contributed by atoms with E-state index in [1.807, 2.05) is 0 Å². The minimum atomic E-state index is -4.65. The van der Waals surface area contributed by atoms with E-state index in [0.29, 0.717) is 0 Å². The Bertz CT molecular complexity index is 435. The SMILES string of the molecule is COc1cc(CO)cc(C(F)(F)F)c1C#N. The summed E-state index contributed by atoms with van der Waals surface area (Å²) >= 11 is 0. The van der Waals surface area contributed by atoms with Crippen LogP contribution in [-0.2, 0) is 12.8 Å². The average molecular weight is 231 g/mol. The van der Waals surface area contributed by atoms with Crippen LogP contribution >= 0.6 is 0 Å². The lowest BCUT2D eigenvalue weighted by Gasteiger charge is -2.13. The maximum absolute atomic E-state index is 12.6. The third-order valence-corrected chi connectivity index (χ3v) is 1.98. The molecular weight excluding hydrogens is 223 g/mol. The number of aliphatic hydroxyl groups is 1. The Morgan fingerprint density at radius 1 is 1.44 bits per heavy atom. The normalized spacial score (nSPS) is 11.0. The van der Waals surface area contributed by atoms with Crippen LogP contribution in [0.1, 0.15) is 16.7 Å². The Balaban J connectivity index is 3.51. The molecule has 0 atom stereocenters. The number of methoxy groups -OCH3 is 1. The van der Waals surface area contributed by atoms with E-state index in [9.17, 15) is 13.2 Å². The molecule has 86 valence electrons. The number of hydrogen-bond donors (Lipinski definition) is 1. The molecule has 1 aromatic carbocycles. The summed E-state index contributed by atoms with van der Waals surface area (Å²) in [4.78, 5) is 0. The molecule has 0 aliphatic carbocycles. The smallest absolute Gasteiger partial charge is 0.417 e. The van der Waals surface area contributed by atoms with E-state index in [2.05, 4.69) is 4.74 Å². The Morgan fingerprint density at radius 2 is 2.06 bits per heavy atom. The van der Waals surface area contributed by atoms with Crippen molar-refractivity contribution in [2.75, 3.05) is 7.11 Å². The van der Waals surface area contributed by atoms with Crippen LogP contribution in [0.3, 0.4) is 0 Å². The number of alkyl halides is 3. The summed E-state index contributed by atoms with van der Waals surface area (Å²) in [6, 6.07) is 3.39. The summed E-state index contributed by atoms with van der Waals surface area (Å²) in [6.45, 7) is -0.550. The lowest BCUT2D eigenvalue weighted by molar-refractivity contribution is -0.137. The fourth-order valence-corrected chi connectivity index (χ4v) is 1.26. The topological polar surface area (TPSA) is 53.2 Å². The first-order chi connectivity index (χ1) is 7.43. The first-order valence-corrected chi connectivity index (χ1v) is 4.23. The van der Waals surface area contributed by atoms with Crippen LogP contribution in [0.2, 0.25) is 0 Å². The summed E-state index contributed by atoms with van der Waals surface area (Å²) in [5.74, 6) is -0.193. The van der Waals surface area contributed by atoms with Gasteiger partial charge in [0.2, 0.25) is 0 Å². The molecule has 0 saturated heterocycles. The molecule has 0 spiro atoms. The molecule has 0 saturated carbocycles. The van der Waals surface area contributed by atoms with Crippen molar-refractivity contribution < 1.29 is 23.0 Å². The molecule has 0 aliphatic rings. The molecule has 3 nitrogen and oxygen atoms in total. The van der Waals surface area contributed by atoms with Gasteiger partial charge in [-0.15, -0.1) is 0 Å². The third-order valence-electron chi connectivity index (χ3n) is 1.98. The lowest BCUT2D eigenvalue weighted by Crippen LogP contribution is -2.10. The summed E-state index contributed by atoms with van der Waals surface area (Å²) in [7, 11) is 1.16. The van der Waals surface area contributed by atoms with Crippen LogP contribution in [-0.4, -0.2) is 12.2 Å². The molecule has 1 aromatic rings. The van der Waals surface area contributed by atoms with Gasteiger partial charge in [0.15, 0.2) is 0 Å². The molecule has 0 aliphatic heterocycles. The van der Waals surface area contributed by atoms with Gasteiger partial charge < -0.3 is 9.84 Å². The van der Waals surface area contributed by atoms with E-state index in [1.54, 1.807) is 0 Å². The predicted octanol–water partition coefficient (Wildman–Crippen LogP) is 2.08. The van der Waals surface area contributed by atoms with Crippen molar-refractivity contribution in [1.82, 2.24) is 0 Å². The van der Waals surface area contributed by atoms with Crippen LogP contribution in [0.4, 0.5) is 13.2 Å². The van der Waals surface area contributed by atoms with Gasteiger partial charge in [-0.1, -0.05) is 0 Å². The monoisotopic (exact) mass is 231 g/mol. The second-order valence-corrected chi connectivity index (χ2v) is 2.99. The largest absolute Gasteiger partial charge is 0.495 e. The highest BCUT2D eigenvalue weighted by Crippen LogP contribution is 2.36. The zero-order valence-corrected chi connectivity index (χ0v) is 8.30. The quantitative estimate of drug-likeness (QED) is 0.847. The Kier molecular flexibility index (Phi) is 3.40. The zero-order chi connectivity index (χ0) is 12.3. The van der Waals surface area contributed by atoms with Crippen LogP contribution < -0.4 is 4.74 Å². The first-order valence-electron chi connectivity index (χ1n) is 4.23. The summed E-state index contributed by atoms with van der Waals surface area (Å²) < 4.78 is 42.4. The van der Waals surface area contributed by atoms with Gasteiger partial charge in [-0.3, -0.25) is 0 Å². The second-order valence-electron chi connectivity index (χ2n) is 2.99. The van der Waals surface area contributed by atoms with Gasteiger partial charge in [0, 0.05) is 0 Å². The van der Waals surface area contributed by atoms with E-state index in [0.717, 1.165) is 13.2 Å². The van der Waals surface area contributed by atoms with Crippen LogP contribution in [0.15, 0.2) is 12.1 Å². The van der Waals surface area contributed by atoms with Gasteiger partial charge in [0.25, 0.3) is 0 Å². The molecule has 1 N–H and O–H groups in total. The van der Waals surface area contributed by atoms with Crippen molar-refractivity contribution in [1.29, 1.82) is 5.26 Å². The standard InChI is InChI=1S/C10H8F3NO2/c1-16-9-3-6(5-15)2-8(7(9)4-14)10(11,12)13/h2-3,15H,5H2,1H3. The van der Waals surface area contributed by atoms with Gasteiger partial charge in [-0.2, -0.15) is 18.4 Å². The summed E-state index contributed by atoms with van der Waals surface area (Å²) in [5.41, 5.74) is -1.63.